The number of rotatable bonds is 2. The van der Waals surface area contributed by atoms with Crippen molar-refractivity contribution in [2.24, 2.45) is 10.2 Å². The number of allylic oxidation sites excluding steroid dienone is 1. The molecule has 6 nitrogen and oxygen atoms in total. The van der Waals surface area contributed by atoms with Gasteiger partial charge in [0.2, 0.25) is 5.54 Å². The fraction of sp³-hybridized carbons (Fsp3) is 0.182. The fourth-order valence-corrected chi connectivity index (χ4v) is 3.89. The summed E-state index contributed by atoms with van der Waals surface area (Å²) in [4.78, 5) is 26.9. The first kappa shape index (κ1) is 19.1. The minimum atomic E-state index is -1.45. The third-order valence-corrected chi connectivity index (χ3v) is 5.16. The van der Waals surface area contributed by atoms with E-state index in [-0.39, 0.29) is 11.8 Å². The molecule has 0 fully saturated rings. The lowest BCUT2D eigenvalue weighted by molar-refractivity contribution is -0.139. The van der Waals surface area contributed by atoms with Crippen LogP contribution in [0.5, 0.6) is 0 Å². The van der Waals surface area contributed by atoms with Gasteiger partial charge in [0.1, 0.15) is 0 Å². The summed E-state index contributed by atoms with van der Waals surface area (Å²) in [6, 6.07) is 14.3. The van der Waals surface area contributed by atoms with Gasteiger partial charge in [0.25, 0.3) is 11.8 Å². The number of hydrogen-bond donors (Lipinski definition) is 0. The molecule has 2 heterocycles. The van der Waals surface area contributed by atoms with Gasteiger partial charge in [-0.1, -0.05) is 47.5 Å². The Morgan fingerprint density at radius 1 is 1.14 bits per heavy atom. The fourth-order valence-electron chi connectivity index (χ4n) is 3.70. The van der Waals surface area contributed by atoms with Crippen LogP contribution >= 0.6 is 11.6 Å². The molecular weight excluding hydrogens is 388 g/mol. The van der Waals surface area contributed by atoms with Gasteiger partial charge in [-0.3, -0.25) is 9.59 Å². The minimum Gasteiger partial charge on any atom is -0.269 e. The molecule has 2 aromatic carbocycles. The lowest BCUT2D eigenvalue weighted by atomic mass is 9.81. The Labute approximate surface area is 173 Å². The molecule has 0 saturated carbocycles. The topological polar surface area (TPSA) is 65.3 Å². The summed E-state index contributed by atoms with van der Waals surface area (Å²) in [5.41, 5.74) is 1.79. The summed E-state index contributed by atoms with van der Waals surface area (Å²) < 4.78 is 0. The van der Waals surface area contributed by atoms with Crippen LogP contribution in [0.2, 0.25) is 5.02 Å². The molecule has 0 N–H and O–H groups in total. The number of carbonyl (C=O) groups excluding carboxylic acids is 2. The van der Waals surface area contributed by atoms with E-state index in [1.54, 1.807) is 37.4 Å². The highest BCUT2D eigenvalue weighted by molar-refractivity contribution is 6.31. The number of nitrogens with zero attached hydrogens (tertiary/aromatic N) is 4. The standard InChI is InChI=1S/C22H19ClN4O2/c1-14(2)11-20(28)27-22(19-10-5-4-7-16(19)13-24-27)15(3)25-26(21(22)29)18-9-6-8-17(23)12-18/h4-13H,1-3H3. The normalized spacial score (nSPS) is 20.0. The molecule has 2 aliphatic rings. The average molecular weight is 407 g/mol. The molecule has 0 aromatic heterocycles. The maximum atomic E-state index is 13.8. The largest absolute Gasteiger partial charge is 0.286 e. The van der Waals surface area contributed by atoms with E-state index in [9.17, 15) is 9.59 Å². The molecule has 2 amide bonds. The number of carbonyl (C=O) groups is 2. The van der Waals surface area contributed by atoms with Crippen LogP contribution in [0.1, 0.15) is 31.9 Å². The molecular formula is C22H19ClN4O2. The molecule has 1 atom stereocenters. The van der Waals surface area contributed by atoms with E-state index in [1.165, 1.54) is 16.1 Å². The van der Waals surface area contributed by atoms with Crippen molar-refractivity contribution in [1.82, 2.24) is 5.01 Å². The minimum absolute atomic E-state index is 0.378. The molecule has 0 bridgehead atoms. The SMILES string of the molecule is CC(C)=CC(=O)N1N=Cc2ccccc2C12C(=O)N(c1cccc(Cl)c1)N=C2C. The number of halogens is 1. The van der Waals surface area contributed by atoms with Crippen LogP contribution in [0.25, 0.3) is 0 Å². The molecule has 7 heteroatoms. The Morgan fingerprint density at radius 3 is 2.62 bits per heavy atom. The number of benzene rings is 2. The third-order valence-electron chi connectivity index (χ3n) is 4.93. The summed E-state index contributed by atoms with van der Waals surface area (Å²) in [6.07, 6.45) is 3.07. The van der Waals surface area contributed by atoms with Crippen LogP contribution in [0.15, 0.2) is 70.4 Å². The highest BCUT2D eigenvalue weighted by Crippen LogP contribution is 2.42. The van der Waals surface area contributed by atoms with Crippen LogP contribution in [-0.4, -0.2) is 28.7 Å². The van der Waals surface area contributed by atoms with E-state index in [2.05, 4.69) is 10.2 Å². The second-order valence-corrected chi connectivity index (χ2v) is 7.63. The lowest BCUT2D eigenvalue weighted by Crippen LogP contribution is -2.58. The zero-order chi connectivity index (χ0) is 20.8. The van der Waals surface area contributed by atoms with Gasteiger partial charge in [-0.15, -0.1) is 0 Å². The number of fused-ring (bicyclic) bond motifs is 2. The van der Waals surface area contributed by atoms with E-state index >= 15 is 0 Å². The van der Waals surface area contributed by atoms with Gasteiger partial charge >= 0.3 is 0 Å². The van der Waals surface area contributed by atoms with Crippen molar-refractivity contribution >= 4 is 41.0 Å². The van der Waals surface area contributed by atoms with Gasteiger partial charge in [-0.2, -0.15) is 15.2 Å². The van der Waals surface area contributed by atoms with Crippen LogP contribution in [0.3, 0.4) is 0 Å². The van der Waals surface area contributed by atoms with Gasteiger partial charge in [0.15, 0.2) is 0 Å². The summed E-state index contributed by atoms with van der Waals surface area (Å²) in [5.74, 6) is -0.760. The number of amides is 2. The molecule has 0 saturated heterocycles. The quantitative estimate of drug-likeness (QED) is 0.705. The van der Waals surface area contributed by atoms with Crippen LogP contribution in [-0.2, 0) is 15.1 Å². The maximum Gasteiger partial charge on any atom is 0.286 e. The first-order valence-electron chi connectivity index (χ1n) is 9.14. The van der Waals surface area contributed by atoms with Crippen molar-refractivity contribution in [2.45, 2.75) is 26.3 Å². The molecule has 146 valence electrons. The predicted molar refractivity (Wildman–Crippen MR) is 114 cm³/mol. The van der Waals surface area contributed by atoms with Crippen molar-refractivity contribution in [3.05, 3.63) is 76.3 Å². The van der Waals surface area contributed by atoms with Gasteiger partial charge < -0.3 is 0 Å². The van der Waals surface area contributed by atoms with Gasteiger partial charge in [0.05, 0.1) is 17.6 Å². The van der Waals surface area contributed by atoms with Crippen LogP contribution < -0.4 is 5.01 Å². The molecule has 0 radical (unpaired) electrons. The lowest BCUT2D eigenvalue weighted by Gasteiger charge is -2.39. The molecule has 29 heavy (non-hydrogen) atoms. The third kappa shape index (κ3) is 2.87. The predicted octanol–water partition coefficient (Wildman–Crippen LogP) is 4.10. The Kier molecular flexibility index (Phi) is 4.59. The maximum absolute atomic E-state index is 13.8. The average Bonchev–Trinajstić information content (AvgIpc) is 2.94. The zero-order valence-electron chi connectivity index (χ0n) is 16.3. The molecule has 2 aliphatic heterocycles. The van der Waals surface area contributed by atoms with Crippen molar-refractivity contribution in [3.63, 3.8) is 0 Å². The number of hydrazone groups is 2. The second kappa shape index (κ2) is 6.97. The van der Waals surface area contributed by atoms with Crippen molar-refractivity contribution in [3.8, 4) is 0 Å². The summed E-state index contributed by atoms with van der Waals surface area (Å²) >= 11 is 6.12. The van der Waals surface area contributed by atoms with Gasteiger partial charge in [0, 0.05) is 22.2 Å². The summed E-state index contributed by atoms with van der Waals surface area (Å²) in [5, 5.41) is 11.9. The monoisotopic (exact) mass is 406 g/mol. The van der Waals surface area contributed by atoms with E-state index in [0.29, 0.717) is 22.0 Å². The van der Waals surface area contributed by atoms with Gasteiger partial charge in [-0.25, -0.2) is 5.01 Å². The summed E-state index contributed by atoms with van der Waals surface area (Å²) in [7, 11) is 0. The van der Waals surface area contributed by atoms with E-state index < -0.39 is 5.54 Å². The molecule has 0 aliphatic carbocycles. The zero-order valence-corrected chi connectivity index (χ0v) is 17.0. The van der Waals surface area contributed by atoms with E-state index in [4.69, 9.17) is 11.6 Å². The Hall–Kier alpha value is -3.25. The van der Waals surface area contributed by atoms with Crippen molar-refractivity contribution in [2.75, 3.05) is 5.01 Å². The smallest absolute Gasteiger partial charge is 0.269 e. The van der Waals surface area contributed by atoms with Crippen LogP contribution in [0, 0.1) is 0 Å². The number of anilines is 1. The molecule has 1 spiro atoms. The van der Waals surface area contributed by atoms with Crippen molar-refractivity contribution in [1.29, 1.82) is 0 Å². The first-order chi connectivity index (χ1) is 13.9. The van der Waals surface area contributed by atoms with Crippen molar-refractivity contribution < 1.29 is 9.59 Å². The summed E-state index contributed by atoms with van der Waals surface area (Å²) in [6.45, 7) is 5.38. The highest BCUT2D eigenvalue weighted by Gasteiger charge is 2.59. The molecule has 1 unspecified atom stereocenters. The van der Waals surface area contributed by atoms with E-state index in [1.807, 2.05) is 38.1 Å². The van der Waals surface area contributed by atoms with Crippen LogP contribution in [0.4, 0.5) is 5.69 Å². The molecule has 2 aromatic rings. The molecule has 4 rings (SSSR count). The Balaban J connectivity index is 1.93. The van der Waals surface area contributed by atoms with Gasteiger partial charge in [-0.05, 0) is 39.0 Å². The second-order valence-electron chi connectivity index (χ2n) is 7.20. The highest BCUT2D eigenvalue weighted by atomic mass is 35.5. The van der Waals surface area contributed by atoms with E-state index in [0.717, 1.165) is 11.1 Å². The number of hydrogen-bond acceptors (Lipinski definition) is 4. The Bertz CT molecular complexity index is 1120. The first-order valence-corrected chi connectivity index (χ1v) is 9.52. The Morgan fingerprint density at radius 2 is 1.90 bits per heavy atom.